The molecule has 2 heterocycles. The van der Waals surface area contributed by atoms with Crippen LogP contribution in [0.5, 0.6) is 0 Å². The molecule has 0 radical (unpaired) electrons. The van der Waals surface area contributed by atoms with Gasteiger partial charge in [-0.3, -0.25) is 14.5 Å². The molecule has 0 aliphatic carbocycles. The average molecular weight is 420 g/mol. The Labute approximate surface area is 185 Å². The first kappa shape index (κ1) is 21.6. The lowest BCUT2D eigenvalue weighted by Gasteiger charge is -2.38. The van der Waals surface area contributed by atoms with Crippen LogP contribution in [0.4, 0.5) is 0 Å². The normalized spacial score (nSPS) is 19.7. The summed E-state index contributed by atoms with van der Waals surface area (Å²) in [5.74, 6) is 0.103. The van der Waals surface area contributed by atoms with Crippen LogP contribution in [0.2, 0.25) is 0 Å². The molecule has 1 N–H and O–H groups in total. The van der Waals surface area contributed by atoms with Crippen LogP contribution in [0.25, 0.3) is 0 Å². The summed E-state index contributed by atoms with van der Waals surface area (Å²) in [6.07, 6.45) is 4.00. The van der Waals surface area contributed by atoms with Crippen molar-refractivity contribution >= 4 is 11.8 Å². The van der Waals surface area contributed by atoms with Gasteiger partial charge in [-0.25, -0.2) is 0 Å². The number of amides is 2. The average Bonchev–Trinajstić information content (AvgIpc) is 3.33. The maximum Gasteiger partial charge on any atom is 0.244 e. The number of hydrogen-bond acceptors (Lipinski definition) is 3. The first-order valence-electron chi connectivity index (χ1n) is 11.6. The predicted molar refractivity (Wildman–Crippen MR) is 123 cm³/mol. The zero-order valence-electron chi connectivity index (χ0n) is 18.6. The highest BCUT2D eigenvalue weighted by atomic mass is 16.2. The van der Waals surface area contributed by atoms with E-state index < -0.39 is 0 Å². The minimum Gasteiger partial charge on any atom is -0.348 e. The lowest BCUT2D eigenvalue weighted by atomic mass is 9.91. The molecular weight excluding hydrogens is 386 g/mol. The second-order valence-electron chi connectivity index (χ2n) is 8.74. The molecule has 2 aromatic carbocycles. The Morgan fingerprint density at radius 3 is 2.45 bits per heavy atom. The Hall–Kier alpha value is -2.66. The monoisotopic (exact) mass is 419 g/mol. The van der Waals surface area contributed by atoms with E-state index in [0.29, 0.717) is 6.54 Å². The molecule has 31 heavy (non-hydrogen) atoms. The van der Waals surface area contributed by atoms with Gasteiger partial charge < -0.3 is 10.2 Å². The van der Waals surface area contributed by atoms with Crippen LogP contribution >= 0.6 is 0 Å². The molecule has 0 unspecified atom stereocenters. The molecule has 2 aliphatic heterocycles. The largest absolute Gasteiger partial charge is 0.348 e. The molecular formula is C26H33N3O2. The van der Waals surface area contributed by atoms with Gasteiger partial charge in [-0.1, -0.05) is 55.5 Å². The van der Waals surface area contributed by atoms with E-state index in [9.17, 15) is 9.59 Å². The summed E-state index contributed by atoms with van der Waals surface area (Å²) in [6, 6.07) is 16.2. The number of nitrogens with zero attached hydrogens (tertiary/aromatic N) is 2. The standard InChI is InChI=1S/C26H33N3O2/c1-3-20-10-12-21(13-11-20)19(2)27-24(30)18-29-17-14-22-8-4-5-9-23(22)25(29)26(31)28-15-6-7-16-28/h4-5,8-13,19,25H,3,6-7,14-18H2,1-2H3,(H,27,30)/t19-,25-/m0/s1. The van der Waals surface area contributed by atoms with Gasteiger partial charge in [0.2, 0.25) is 11.8 Å². The SMILES string of the molecule is CCc1ccc([C@H](C)NC(=O)CN2CCc3ccccc3[C@H]2C(=O)N2CCCC2)cc1. The second kappa shape index (κ2) is 9.65. The Morgan fingerprint density at radius 2 is 1.74 bits per heavy atom. The van der Waals surface area contributed by atoms with Crippen LogP contribution in [-0.4, -0.2) is 47.8 Å². The van der Waals surface area contributed by atoms with Crippen molar-refractivity contribution in [3.05, 3.63) is 70.8 Å². The van der Waals surface area contributed by atoms with E-state index in [1.165, 1.54) is 11.1 Å². The quantitative estimate of drug-likeness (QED) is 0.778. The number of hydrogen-bond donors (Lipinski definition) is 1. The number of carbonyl (C=O) groups excluding carboxylic acids is 2. The number of fused-ring (bicyclic) bond motifs is 1. The molecule has 0 aromatic heterocycles. The van der Waals surface area contributed by atoms with E-state index in [2.05, 4.69) is 53.5 Å². The van der Waals surface area contributed by atoms with Crippen LogP contribution in [0.1, 0.15) is 61.0 Å². The minimum atomic E-state index is -0.368. The number of rotatable bonds is 6. The van der Waals surface area contributed by atoms with Gasteiger partial charge in [0.25, 0.3) is 0 Å². The van der Waals surface area contributed by atoms with Crippen molar-refractivity contribution in [1.82, 2.24) is 15.1 Å². The highest BCUT2D eigenvalue weighted by Crippen LogP contribution is 2.32. The van der Waals surface area contributed by atoms with E-state index in [0.717, 1.165) is 49.9 Å². The first-order valence-corrected chi connectivity index (χ1v) is 11.6. The van der Waals surface area contributed by atoms with E-state index >= 15 is 0 Å². The fraction of sp³-hybridized carbons (Fsp3) is 0.462. The van der Waals surface area contributed by atoms with Crippen LogP contribution in [-0.2, 0) is 22.4 Å². The van der Waals surface area contributed by atoms with Gasteiger partial charge in [-0.05, 0) is 54.9 Å². The third kappa shape index (κ3) is 4.82. The summed E-state index contributed by atoms with van der Waals surface area (Å²) < 4.78 is 0. The molecule has 1 saturated heterocycles. The van der Waals surface area contributed by atoms with E-state index in [1.807, 2.05) is 24.0 Å². The fourth-order valence-corrected chi connectivity index (χ4v) is 4.79. The smallest absolute Gasteiger partial charge is 0.244 e. The number of benzene rings is 2. The van der Waals surface area contributed by atoms with Crippen LogP contribution in [0, 0.1) is 0 Å². The molecule has 2 atom stereocenters. The summed E-state index contributed by atoms with van der Waals surface area (Å²) in [5, 5.41) is 3.13. The highest BCUT2D eigenvalue weighted by molar-refractivity contribution is 5.86. The van der Waals surface area contributed by atoms with Gasteiger partial charge >= 0.3 is 0 Å². The molecule has 1 fully saturated rings. The molecule has 5 nitrogen and oxygen atoms in total. The van der Waals surface area contributed by atoms with Crippen LogP contribution in [0.3, 0.4) is 0 Å². The van der Waals surface area contributed by atoms with Crippen molar-refractivity contribution in [2.45, 2.75) is 51.6 Å². The Balaban J connectivity index is 1.47. The third-order valence-corrected chi connectivity index (χ3v) is 6.65. The Kier molecular flexibility index (Phi) is 6.71. The van der Waals surface area contributed by atoms with Gasteiger partial charge in [0.05, 0.1) is 12.6 Å². The molecule has 2 aromatic rings. The van der Waals surface area contributed by atoms with Crippen molar-refractivity contribution in [2.24, 2.45) is 0 Å². The summed E-state index contributed by atoms with van der Waals surface area (Å²) in [6.45, 7) is 6.74. The van der Waals surface area contributed by atoms with Crippen molar-refractivity contribution in [3.63, 3.8) is 0 Å². The summed E-state index contributed by atoms with van der Waals surface area (Å²) in [4.78, 5) is 30.4. The summed E-state index contributed by atoms with van der Waals surface area (Å²) in [5.41, 5.74) is 4.67. The summed E-state index contributed by atoms with van der Waals surface area (Å²) >= 11 is 0. The Morgan fingerprint density at radius 1 is 1.03 bits per heavy atom. The van der Waals surface area contributed by atoms with Crippen molar-refractivity contribution in [3.8, 4) is 0 Å². The fourth-order valence-electron chi connectivity index (χ4n) is 4.79. The highest BCUT2D eigenvalue weighted by Gasteiger charge is 2.37. The molecule has 4 rings (SSSR count). The number of aryl methyl sites for hydroxylation is 1. The number of likely N-dealkylation sites (tertiary alicyclic amines) is 1. The predicted octanol–water partition coefficient (Wildman–Crippen LogP) is 3.65. The first-order chi connectivity index (χ1) is 15.1. The topological polar surface area (TPSA) is 52.7 Å². The zero-order chi connectivity index (χ0) is 21.8. The molecule has 2 aliphatic rings. The number of carbonyl (C=O) groups is 2. The number of nitrogens with one attached hydrogen (secondary N) is 1. The van der Waals surface area contributed by atoms with Gasteiger partial charge in [-0.15, -0.1) is 0 Å². The third-order valence-electron chi connectivity index (χ3n) is 6.65. The molecule has 0 saturated carbocycles. The van der Waals surface area contributed by atoms with Crippen molar-refractivity contribution in [1.29, 1.82) is 0 Å². The molecule has 5 heteroatoms. The molecule has 2 amide bonds. The lowest BCUT2D eigenvalue weighted by molar-refractivity contribution is -0.137. The van der Waals surface area contributed by atoms with Gasteiger partial charge in [0, 0.05) is 19.6 Å². The molecule has 0 spiro atoms. The molecule has 164 valence electrons. The Bertz CT molecular complexity index is 919. The van der Waals surface area contributed by atoms with Crippen molar-refractivity contribution < 1.29 is 9.59 Å². The van der Waals surface area contributed by atoms with E-state index in [4.69, 9.17) is 0 Å². The van der Waals surface area contributed by atoms with Crippen LogP contribution < -0.4 is 5.32 Å². The minimum absolute atomic E-state index is 0.0364. The van der Waals surface area contributed by atoms with Gasteiger partial charge in [-0.2, -0.15) is 0 Å². The lowest BCUT2D eigenvalue weighted by Crippen LogP contribution is -2.49. The van der Waals surface area contributed by atoms with Gasteiger partial charge in [0.15, 0.2) is 0 Å². The van der Waals surface area contributed by atoms with E-state index in [-0.39, 0.29) is 30.4 Å². The maximum absolute atomic E-state index is 13.4. The maximum atomic E-state index is 13.4. The molecule has 0 bridgehead atoms. The van der Waals surface area contributed by atoms with Crippen LogP contribution in [0.15, 0.2) is 48.5 Å². The second-order valence-corrected chi connectivity index (χ2v) is 8.74. The van der Waals surface area contributed by atoms with E-state index in [1.54, 1.807) is 0 Å². The summed E-state index contributed by atoms with van der Waals surface area (Å²) in [7, 11) is 0. The van der Waals surface area contributed by atoms with Crippen molar-refractivity contribution in [2.75, 3.05) is 26.2 Å². The van der Waals surface area contributed by atoms with Gasteiger partial charge in [0.1, 0.15) is 6.04 Å². The zero-order valence-corrected chi connectivity index (χ0v) is 18.6.